The third-order valence-electron chi connectivity index (χ3n) is 4.19. The van der Waals surface area contributed by atoms with Crippen molar-refractivity contribution in [2.24, 2.45) is 0 Å². The Morgan fingerprint density at radius 2 is 2.07 bits per heavy atom. The molecule has 0 aliphatic rings. The molecule has 0 spiro atoms. The summed E-state index contributed by atoms with van der Waals surface area (Å²) in [6.45, 7) is 1.91. The average molecular weight is 426 g/mol. The Labute approximate surface area is 175 Å². The van der Waals surface area contributed by atoms with Gasteiger partial charge in [-0.3, -0.25) is 14.6 Å². The summed E-state index contributed by atoms with van der Waals surface area (Å²) < 4.78 is 1.42. The van der Waals surface area contributed by atoms with Gasteiger partial charge in [-0.05, 0) is 30.0 Å². The number of halogens is 1. The minimum atomic E-state index is -0.386. The van der Waals surface area contributed by atoms with Crippen LogP contribution in [0.15, 0.2) is 58.7 Å². The van der Waals surface area contributed by atoms with Gasteiger partial charge in [0.1, 0.15) is 11.5 Å². The molecule has 4 aromatic rings. The second kappa shape index (κ2) is 8.02. The fraction of sp³-hybridized carbons (Fsp3) is 0.100. The van der Waals surface area contributed by atoms with Crippen LogP contribution >= 0.6 is 22.9 Å². The molecule has 3 heterocycles. The number of hydrogen-bond donors (Lipinski definition) is 2. The zero-order chi connectivity index (χ0) is 20.4. The number of nitrogens with one attached hydrogen (secondary N) is 2. The Morgan fingerprint density at radius 3 is 2.79 bits per heavy atom. The predicted molar refractivity (Wildman–Crippen MR) is 114 cm³/mol. The van der Waals surface area contributed by atoms with E-state index in [1.165, 1.54) is 22.1 Å². The number of aromatic nitrogens is 4. The number of thiophene rings is 1. The molecule has 0 saturated carbocycles. The maximum Gasteiger partial charge on any atom is 0.258 e. The Balaban J connectivity index is 1.80. The van der Waals surface area contributed by atoms with Crippen molar-refractivity contribution in [1.82, 2.24) is 19.7 Å². The minimum Gasteiger partial charge on any atom is -0.306 e. The van der Waals surface area contributed by atoms with Gasteiger partial charge in [-0.15, -0.1) is 11.3 Å². The highest BCUT2D eigenvalue weighted by Gasteiger charge is 2.18. The van der Waals surface area contributed by atoms with Crippen LogP contribution in [0.3, 0.4) is 0 Å². The number of aromatic amines is 1. The SMILES string of the molecule is CCc1cc(=O)[nH]c(-n2nc(-c3cccs3)cc2NC(=O)c2ccccc2Cl)n1. The van der Waals surface area contributed by atoms with Crippen molar-refractivity contribution in [3.05, 3.63) is 80.5 Å². The van der Waals surface area contributed by atoms with Crippen molar-refractivity contribution < 1.29 is 4.79 Å². The minimum absolute atomic E-state index is 0.228. The predicted octanol–water partition coefficient (Wildman–Crippen LogP) is 4.15. The maximum atomic E-state index is 12.8. The van der Waals surface area contributed by atoms with Crippen LogP contribution in [-0.2, 0) is 6.42 Å². The first-order valence-corrected chi connectivity index (χ1v) is 10.1. The van der Waals surface area contributed by atoms with Crippen LogP contribution in [0, 0.1) is 0 Å². The van der Waals surface area contributed by atoms with Gasteiger partial charge in [-0.2, -0.15) is 9.78 Å². The summed E-state index contributed by atoms with van der Waals surface area (Å²) in [6.07, 6.45) is 0.595. The van der Waals surface area contributed by atoms with E-state index >= 15 is 0 Å². The molecule has 0 fully saturated rings. The van der Waals surface area contributed by atoms with Gasteiger partial charge in [-0.25, -0.2) is 4.98 Å². The molecule has 0 unspecified atom stereocenters. The third-order valence-corrected chi connectivity index (χ3v) is 5.41. The molecule has 3 aromatic heterocycles. The zero-order valence-electron chi connectivity index (χ0n) is 15.3. The molecule has 0 aliphatic carbocycles. The van der Waals surface area contributed by atoms with Crippen molar-refractivity contribution in [3.63, 3.8) is 0 Å². The van der Waals surface area contributed by atoms with Crippen molar-refractivity contribution >= 4 is 34.7 Å². The van der Waals surface area contributed by atoms with Gasteiger partial charge >= 0.3 is 0 Å². The number of benzene rings is 1. The van der Waals surface area contributed by atoms with E-state index in [-0.39, 0.29) is 17.4 Å². The first-order chi connectivity index (χ1) is 14.0. The fourth-order valence-corrected chi connectivity index (χ4v) is 3.68. The number of amides is 1. The van der Waals surface area contributed by atoms with Gasteiger partial charge in [0.25, 0.3) is 11.5 Å². The van der Waals surface area contributed by atoms with Crippen molar-refractivity contribution in [2.45, 2.75) is 13.3 Å². The molecule has 0 saturated heterocycles. The molecule has 0 bridgehead atoms. The largest absolute Gasteiger partial charge is 0.306 e. The van der Waals surface area contributed by atoms with E-state index in [4.69, 9.17) is 11.6 Å². The Bertz CT molecular complexity index is 1230. The van der Waals surface area contributed by atoms with Crippen LogP contribution in [-0.4, -0.2) is 25.7 Å². The van der Waals surface area contributed by atoms with Crippen molar-refractivity contribution in [2.75, 3.05) is 5.32 Å². The van der Waals surface area contributed by atoms with E-state index in [9.17, 15) is 9.59 Å². The number of hydrogen-bond acceptors (Lipinski definition) is 5. The van der Waals surface area contributed by atoms with Gasteiger partial charge in [0, 0.05) is 17.8 Å². The summed E-state index contributed by atoms with van der Waals surface area (Å²) >= 11 is 7.67. The Morgan fingerprint density at radius 1 is 1.24 bits per heavy atom. The van der Waals surface area contributed by atoms with Crippen LogP contribution in [0.2, 0.25) is 5.02 Å². The fourth-order valence-electron chi connectivity index (χ4n) is 2.78. The quantitative estimate of drug-likeness (QED) is 0.502. The second-order valence-corrected chi connectivity index (χ2v) is 7.51. The molecular weight excluding hydrogens is 410 g/mol. The Hall–Kier alpha value is -3.23. The zero-order valence-corrected chi connectivity index (χ0v) is 16.9. The highest BCUT2D eigenvalue weighted by atomic mass is 35.5. The monoisotopic (exact) mass is 425 g/mol. The molecule has 9 heteroatoms. The van der Waals surface area contributed by atoms with Gasteiger partial charge in [0.05, 0.1) is 15.5 Å². The summed E-state index contributed by atoms with van der Waals surface area (Å²) in [5.74, 6) is 0.213. The normalized spacial score (nSPS) is 10.8. The summed E-state index contributed by atoms with van der Waals surface area (Å²) in [7, 11) is 0. The number of nitrogens with zero attached hydrogens (tertiary/aromatic N) is 3. The van der Waals surface area contributed by atoms with Crippen molar-refractivity contribution in [3.8, 4) is 16.5 Å². The second-order valence-electron chi connectivity index (χ2n) is 6.15. The third kappa shape index (κ3) is 3.98. The maximum absolute atomic E-state index is 12.8. The lowest BCUT2D eigenvalue weighted by Gasteiger charge is -2.09. The number of anilines is 1. The van der Waals surface area contributed by atoms with Crippen molar-refractivity contribution in [1.29, 1.82) is 0 Å². The molecular formula is C20H16ClN5O2S. The lowest BCUT2D eigenvalue weighted by atomic mass is 10.2. The smallest absolute Gasteiger partial charge is 0.258 e. The molecule has 29 heavy (non-hydrogen) atoms. The molecule has 146 valence electrons. The molecule has 7 nitrogen and oxygen atoms in total. The average Bonchev–Trinajstić information content (AvgIpc) is 3.37. The van der Waals surface area contributed by atoms with Crippen LogP contribution < -0.4 is 10.9 Å². The standard InChI is InChI=1S/C20H16ClN5O2S/c1-2-12-10-18(27)24-20(22-12)26-17(11-15(25-26)16-8-5-9-29-16)23-19(28)13-6-3-4-7-14(13)21/h3-11H,2H2,1H3,(H,23,28)(H,22,24,27). The number of carbonyl (C=O) groups excluding carboxylic acids is 1. The lowest BCUT2D eigenvalue weighted by molar-refractivity contribution is 0.102. The van der Waals surface area contributed by atoms with E-state index in [0.717, 1.165) is 4.88 Å². The highest BCUT2D eigenvalue weighted by Crippen LogP contribution is 2.28. The van der Waals surface area contributed by atoms with E-state index in [1.807, 2.05) is 24.4 Å². The number of aryl methyl sites for hydroxylation is 1. The number of H-pyrrole nitrogens is 1. The Kier molecular flexibility index (Phi) is 5.28. The molecule has 2 N–H and O–H groups in total. The first kappa shape index (κ1) is 19.1. The lowest BCUT2D eigenvalue weighted by Crippen LogP contribution is -2.19. The summed E-state index contributed by atoms with van der Waals surface area (Å²) in [5, 5.41) is 9.66. The number of carbonyl (C=O) groups is 1. The van der Waals surface area contributed by atoms with E-state index in [2.05, 4.69) is 20.4 Å². The van der Waals surface area contributed by atoms with Gasteiger partial charge in [-0.1, -0.05) is 36.7 Å². The van der Waals surface area contributed by atoms with Crippen LogP contribution in [0.4, 0.5) is 5.82 Å². The van der Waals surface area contributed by atoms with E-state index in [0.29, 0.717) is 34.2 Å². The topological polar surface area (TPSA) is 92.7 Å². The van der Waals surface area contributed by atoms with Gasteiger partial charge < -0.3 is 5.32 Å². The summed E-state index contributed by atoms with van der Waals surface area (Å²) in [4.78, 5) is 32.9. The van der Waals surface area contributed by atoms with E-state index < -0.39 is 0 Å². The number of rotatable bonds is 5. The first-order valence-electron chi connectivity index (χ1n) is 8.85. The molecule has 1 aromatic carbocycles. The van der Waals surface area contributed by atoms with Crippen LogP contribution in [0.25, 0.3) is 16.5 Å². The van der Waals surface area contributed by atoms with Gasteiger partial charge in [0.15, 0.2) is 0 Å². The molecule has 0 radical (unpaired) electrons. The summed E-state index contributed by atoms with van der Waals surface area (Å²) in [5.41, 5.74) is 1.33. The molecule has 0 atom stereocenters. The van der Waals surface area contributed by atoms with Crippen LogP contribution in [0.1, 0.15) is 23.0 Å². The molecule has 0 aliphatic heterocycles. The highest BCUT2D eigenvalue weighted by molar-refractivity contribution is 7.13. The van der Waals surface area contributed by atoms with E-state index in [1.54, 1.807) is 30.3 Å². The molecule has 1 amide bonds. The van der Waals surface area contributed by atoms with Crippen LogP contribution in [0.5, 0.6) is 0 Å². The summed E-state index contributed by atoms with van der Waals surface area (Å²) in [6, 6.07) is 13.8. The molecule has 4 rings (SSSR count). The van der Waals surface area contributed by atoms with Gasteiger partial charge in [0.2, 0.25) is 5.95 Å².